The summed E-state index contributed by atoms with van der Waals surface area (Å²) in [6, 6.07) is 0. The first kappa shape index (κ1) is 28.3. The van der Waals surface area contributed by atoms with Crippen LogP contribution in [0.2, 0.25) is 0 Å². The number of aliphatic hydroxyl groups is 1. The van der Waals surface area contributed by atoms with E-state index in [1.54, 1.807) is 39.8 Å². The molecular formula is C30H42O9. The van der Waals surface area contributed by atoms with Gasteiger partial charge in [0.15, 0.2) is 12.2 Å². The molecule has 1 N–H and O–H groups in total. The summed E-state index contributed by atoms with van der Waals surface area (Å²) in [7, 11) is 0. The van der Waals surface area contributed by atoms with Crippen molar-refractivity contribution in [3.05, 3.63) is 23.3 Å². The number of ether oxygens (including phenoxy) is 5. The summed E-state index contributed by atoms with van der Waals surface area (Å²) >= 11 is 0. The molecule has 0 aromatic carbocycles. The van der Waals surface area contributed by atoms with Gasteiger partial charge in [-0.2, -0.15) is 0 Å². The number of carbonyl (C=O) groups is 3. The third-order valence-electron chi connectivity index (χ3n) is 11.0. The minimum atomic E-state index is -1.16. The van der Waals surface area contributed by atoms with Crippen molar-refractivity contribution < 1.29 is 43.2 Å². The highest BCUT2D eigenvalue weighted by Gasteiger charge is 2.82. The average molecular weight is 547 g/mol. The van der Waals surface area contributed by atoms with Gasteiger partial charge < -0.3 is 28.8 Å². The lowest BCUT2D eigenvalue weighted by molar-refractivity contribution is -0.360. The van der Waals surface area contributed by atoms with Crippen LogP contribution in [0.4, 0.5) is 0 Å². The highest BCUT2D eigenvalue weighted by molar-refractivity contribution is 5.89. The Kier molecular flexibility index (Phi) is 6.83. The highest BCUT2D eigenvalue weighted by Crippen LogP contribution is 2.72. The van der Waals surface area contributed by atoms with Gasteiger partial charge in [-0.3, -0.25) is 4.79 Å². The first-order chi connectivity index (χ1) is 18.4. The molecule has 2 aliphatic carbocycles. The molecule has 0 aromatic rings. The molecule has 5 rings (SSSR count). The van der Waals surface area contributed by atoms with Crippen molar-refractivity contribution in [1.29, 1.82) is 0 Å². The number of esters is 3. The SMILES string of the molecule is C/C=C(\C)C(=O)O[C@@H]1[C@H](OC(=O)/C(C)=C/C)[C@]2(CO)[C@H](CCC[C@]23CO3)[C@@]2(C)CC[C@@]3(COC(=O)C3)O[C@@]12C. The summed E-state index contributed by atoms with van der Waals surface area (Å²) in [4.78, 5) is 39.1. The average Bonchev–Trinajstić information content (AvgIpc) is 3.61. The van der Waals surface area contributed by atoms with Crippen LogP contribution >= 0.6 is 0 Å². The van der Waals surface area contributed by atoms with Gasteiger partial charge in [-0.1, -0.05) is 25.5 Å². The van der Waals surface area contributed by atoms with Crippen molar-refractivity contribution in [3.8, 4) is 0 Å². The second kappa shape index (κ2) is 9.42. The largest absolute Gasteiger partial charge is 0.463 e. The first-order valence-electron chi connectivity index (χ1n) is 14.2. The molecule has 0 radical (unpaired) electrons. The van der Waals surface area contributed by atoms with Crippen LogP contribution in [0.15, 0.2) is 23.3 Å². The number of aliphatic hydroxyl groups excluding tert-OH is 1. The van der Waals surface area contributed by atoms with Crippen LogP contribution in [0.1, 0.15) is 80.1 Å². The lowest BCUT2D eigenvalue weighted by Crippen LogP contribution is -2.80. The van der Waals surface area contributed by atoms with Crippen molar-refractivity contribution in [1.82, 2.24) is 0 Å². The number of rotatable bonds is 5. The van der Waals surface area contributed by atoms with Gasteiger partial charge >= 0.3 is 17.9 Å². The van der Waals surface area contributed by atoms with Crippen molar-refractivity contribution in [2.45, 2.75) is 109 Å². The fourth-order valence-corrected chi connectivity index (χ4v) is 8.20. The van der Waals surface area contributed by atoms with Gasteiger partial charge in [-0.15, -0.1) is 0 Å². The van der Waals surface area contributed by atoms with E-state index >= 15 is 0 Å². The van der Waals surface area contributed by atoms with Gasteiger partial charge in [0, 0.05) is 16.6 Å². The van der Waals surface area contributed by atoms with Crippen molar-refractivity contribution >= 4 is 17.9 Å². The normalized spacial score (nSPS) is 45.4. The van der Waals surface area contributed by atoms with Crippen LogP contribution < -0.4 is 0 Å². The number of fused-ring (bicyclic) bond motifs is 4. The number of cyclic esters (lactones) is 1. The van der Waals surface area contributed by atoms with E-state index in [0.29, 0.717) is 30.6 Å². The second-order valence-electron chi connectivity index (χ2n) is 12.7. The number of carbonyl (C=O) groups excluding carboxylic acids is 3. The highest BCUT2D eigenvalue weighted by atomic mass is 16.6. The molecule has 8 atom stereocenters. The molecular weight excluding hydrogens is 504 g/mol. The maximum Gasteiger partial charge on any atom is 0.333 e. The molecule has 3 saturated heterocycles. The summed E-state index contributed by atoms with van der Waals surface area (Å²) < 4.78 is 31.1. The quantitative estimate of drug-likeness (QED) is 0.239. The second-order valence-corrected chi connectivity index (χ2v) is 12.7. The number of epoxide rings is 1. The Bertz CT molecular complexity index is 1120. The van der Waals surface area contributed by atoms with Gasteiger partial charge in [0.25, 0.3) is 0 Å². The molecule has 0 bridgehead atoms. The molecule has 5 fully saturated rings. The van der Waals surface area contributed by atoms with Gasteiger partial charge in [0.05, 0.1) is 25.0 Å². The van der Waals surface area contributed by atoms with E-state index in [1.165, 1.54) is 0 Å². The van der Waals surface area contributed by atoms with Gasteiger partial charge in [0.1, 0.15) is 23.4 Å². The van der Waals surface area contributed by atoms with E-state index in [4.69, 9.17) is 23.7 Å². The van der Waals surface area contributed by atoms with Crippen molar-refractivity contribution in [2.75, 3.05) is 19.8 Å². The maximum atomic E-state index is 13.4. The van der Waals surface area contributed by atoms with Gasteiger partial charge in [-0.05, 0) is 66.2 Å². The molecule has 2 saturated carbocycles. The Morgan fingerprint density at radius 2 is 1.62 bits per heavy atom. The summed E-state index contributed by atoms with van der Waals surface area (Å²) in [5, 5.41) is 11.3. The fraction of sp³-hybridized carbons (Fsp3) is 0.767. The Hall–Kier alpha value is -2.23. The maximum absolute atomic E-state index is 13.4. The van der Waals surface area contributed by atoms with Crippen LogP contribution in [-0.2, 0) is 38.1 Å². The molecule has 0 amide bonds. The van der Waals surface area contributed by atoms with Gasteiger partial charge in [0.2, 0.25) is 0 Å². The van der Waals surface area contributed by atoms with Crippen molar-refractivity contribution in [2.24, 2.45) is 16.7 Å². The predicted octanol–water partition coefficient (Wildman–Crippen LogP) is 3.56. The zero-order chi connectivity index (χ0) is 28.4. The Balaban J connectivity index is 1.72. The number of hydrogen-bond donors (Lipinski definition) is 1. The van der Waals surface area contributed by atoms with E-state index < -0.39 is 51.8 Å². The van der Waals surface area contributed by atoms with E-state index in [0.717, 1.165) is 19.3 Å². The number of hydrogen-bond acceptors (Lipinski definition) is 9. The van der Waals surface area contributed by atoms with E-state index in [-0.39, 0.29) is 31.5 Å². The molecule has 9 nitrogen and oxygen atoms in total. The third-order valence-corrected chi connectivity index (χ3v) is 11.0. The molecule has 3 heterocycles. The Labute approximate surface area is 230 Å². The van der Waals surface area contributed by atoms with Crippen LogP contribution in [0, 0.1) is 16.7 Å². The molecule has 0 unspecified atom stereocenters. The monoisotopic (exact) mass is 546 g/mol. The summed E-state index contributed by atoms with van der Waals surface area (Å²) in [6.45, 7) is 11.2. The number of allylic oxidation sites excluding steroid dienone is 2. The van der Waals surface area contributed by atoms with Crippen molar-refractivity contribution in [3.63, 3.8) is 0 Å². The molecule has 9 heteroatoms. The van der Waals surface area contributed by atoms with E-state index in [2.05, 4.69) is 6.92 Å². The summed E-state index contributed by atoms with van der Waals surface area (Å²) in [6.07, 6.45) is 4.96. The molecule has 216 valence electrons. The standard InChI is InChI=1S/C30H42O9/c1-7-18(3)24(33)37-22-23(38-25(34)19(4)8-2)30(15-31)20(10-9-11-29(30)17-36-29)26(5)12-13-28(39-27(22,26)6)14-21(32)35-16-28/h7-8,20,22-23,31H,9-17H2,1-6H3/b18-7+,19-8+/t20-,22-,23+,26-,27+,28-,29+,30+/m1/s1. The predicted molar refractivity (Wildman–Crippen MR) is 139 cm³/mol. The van der Waals surface area contributed by atoms with E-state index in [1.807, 2.05) is 6.92 Å². The van der Waals surface area contributed by atoms with Gasteiger partial charge in [-0.25, -0.2) is 9.59 Å². The molecule has 5 aliphatic rings. The molecule has 3 aliphatic heterocycles. The first-order valence-corrected chi connectivity index (χ1v) is 14.2. The van der Waals surface area contributed by atoms with Crippen LogP contribution in [0.25, 0.3) is 0 Å². The zero-order valence-electron chi connectivity index (χ0n) is 24.0. The van der Waals surface area contributed by atoms with Crippen LogP contribution in [0.3, 0.4) is 0 Å². The molecule has 2 spiro atoms. The lowest BCUT2D eigenvalue weighted by atomic mass is 9.40. The minimum absolute atomic E-state index is 0.109. The van der Waals surface area contributed by atoms with Crippen LogP contribution in [-0.4, -0.2) is 71.8 Å². The Morgan fingerprint density at radius 1 is 1.00 bits per heavy atom. The zero-order valence-corrected chi connectivity index (χ0v) is 24.0. The summed E-state index contributed by atoms with van der Waals surface area (Å²) in [5.74, 6) is -1.58. The fourth-order valence-electron chi connectivity index (χ4n) is 8.20. The van der Waals surface area contributed by atoms with E-state index in [9.17, 15) is 19.5 Å². The lowest BCUT2D eigenvalue weighted by Gasteiger charge is -2.70. The van der Waals surface area contributed by atoms with Crippen LogP contribution in [0.5, 0.6) is 0 Å². The topological polar surface area (TPSA) is 121 Å². The minimum Gasteiger partial charge on any atom is -0.463 e. The third kappa shape index (κ3) is 3.86. The molecule has 0 aromatic heterocycles. The molecule has 39 heavy (non-hydrogen) atoms. The Morgan fingerprint density at radius 3 is 2.13 bits per heavy atom. The smallest absolute Gasteiger partial charge is 0.333 e. The summed E-state index contributed by atoms with van der Waals surface area (Å²) in [5.41, 5.74) is -3.50.